The Kier molecular flexibility index (Phi) is 45.4. The summed E-state index contributed by atoms with van der Waals surface area (Å²) in [5.74, 6) is 0.544. The Labute approximate surface area is 424 Å². The summed E-state index contributed by atoms with van der Waals surface area (Å²) in [6, 6.07) is 0. The standard InChI is InChI=1S/C57H110N4O8/c1-8-12-16-20-22-28-36-50(34-26-18-14-10-3)48-67-54(64)38-30-24-32-42-58-52(62)40-45-61(47-44-60-56(66)69-57(5,6)7)46-41-53(63)59-43-33-25-31-39-55(65)68-49-51(35-27-19-15-11-4)37-29-23-21-17-13-9-2/h50-51H,8-49H2,1-7H3,(H,58,62)(H,59,63)(H,60,66). The molecular formula is C57H110N4O8. The third kappa shape index (κ3) is 47.2. The van der Waals surface area contributed by atoms with Gasteiger partial charge in [0, 0.05) is 65.0 Å². The van der Waals surface area contributed by atoms with Crippen molar-refractivity contribution in [1.82, 2.24) is 20.9 Å². The summed E-state index contributed by atoms with van der Waals surface area (Å²) in [5, 5.41) is 8.79. The minimum absolute atomic E-state index is 0.0708. The highest BCUT2D eigenvalue weighted by Gasteiger charge is 2.18. The maximum Gasteiger partial charge on any atom is 0.407 e. The van der Waals surface area contributed by atoms with Gasteiger partial charge in [0.2, 0.25) is 11.8 Å². The second kappa shape index (κ2) is 47.4. The lowest BCUT2D eigenvalue weighted by molar-refractivity contribution is -0.146. The van der Waals surface area contributed by atoms with Gasteiger partial charge < -0.3 is 35.1 Å². The first-order valence-corrected chi connectivity index (χ1v) is 28.9. The lowest BCUT2D eigenvalue weighted by atomic mass is 9.95. The van der Waals surface area contributed by atoms with Crippen molar-refractivity contribution in [1.29, 1.82) is 0 Å². The van der Waals surface area contributed by atoms with Crippen molar-refractivity contribution in [3.63, 3.8) is 0 Å². The highest BCUT2D eigenvalue weighted by molar-refractivity contribution is 5.76. The Morgan fingerprint density at radius 2 is 0.754 bits per heavy atom. The number of amides is 3. The van der Waals surface area contributed by atoms with Crippen molar-refractivity contribution in [2.45, 2.75) is 272 Å². The monoisotopic (exact) mass is 979 g/mol. The van der Waals surface area contributed by atoms with Crippen LogP contribution in [0, 0.1) is 11.8 Å². The molecule has 0 aromatic heterocycles. The van der Waals surface area contributed by atoms with Crippen LogP contribution in [0.3, 0.4) is 0 Å². The van der Waals surface area contributed by atoms with Crippen LogP contribution in [0.2, 0.25) is 0 Å². The molecule has 2 unspecified atom stereocenters. The fourth-order valence-corrected chi connectivity index (χ4v) is 8.59. The molecule has 12 heteroatoms. The van der Waals surface area contributed by atoms with Crippen molar-refractivity contribution in [2.24, 2.45) is 11.8 Å². The number of ether oxygens (including phenoxy) is 3. The smallest absolute Gasteiger partial charge is 0.407 e. The number of nitrogens with one attached hydrogen (secondary N) is 3. The minimum atomic E-state index is -0.611. The zero-order chi connectivity index (χ0) is 51.1. The molecule has 3 amide bonds. The molecule has 69 heavy (non-hydrogen) atoms. The van der Waals surface area contributed by atoms with Crippen LogP contribution in [0.4, 0.5) is 4.79 Å². The summed E-state index contributed by atoms with van der Waals surface area (Å²) < 4.78 is 16.9. The molecule has 0 aromatic carbocycles. The van der Waals surface area contributed by atoms with Gasteiger partial charge in [-0.15, -0.1) is 0 Å². The number of esters is 2. The molecule has 12 nitrogen and oxygen atoms in total. The highest BCUT2D eigenvalue weighted by Crippen LogP contribution is 2.21. The lowest BCUT2D eigenvalue weighted by Gasteiger charge is -2.23. The summed E-state index contributed by atoms with van der Waals surface area (Å²) in [6.45, 7) is 18.2. The van der Waals surface area contributed by atoms with Gasteiger partial charge in [0.1, 0.15) is 5.60 Å². The fourth-order valence-electron chi connectivity index (χ4n) is 8.59. The molecule has 0 aliphatic carbocycles. The van der Waals surface area contributed by atoms with Gasteiger partial charge in [-0.3, -0.25) is 19.2 Å². The summed E-state index contributed by atoms with van der Waals surface area (Å²) in [5.41, 5.74) is -0.611. The number of carbonyl (C=O) groups is 5. The Morgan fingerprint density at radius 1 is 0.406 bits per heavy atom. The van der Waals surface area contributed by atoms with E-state index in [4.69, 9.17) is 14.2 Å². The topological polar surface area (TPSA) is 152 Å². The van der Waals surface area contributed by atoms with Gasteiger partial charge in [0.25, 0.3) is 0 Å². The quantitative estimate of drug-likeness (QED) is 0.0307. The van der Waals surface area contributed by atoms with Crippen LogP contribution in [0.25, 0.3) is 0 Å². The average Bonchev–Trinajstić information content (AvgIpc) is 3.31. The van der Waals surface area contributed by atoms with E-state index in [-0.39, 0.29) is 36.6 Å². The molecule has 0 saturated heterocycles. The van der Waals surface area contributed by atoms with E-state index in [0.29, 0.717) is 77.2 Å². The molecule has 0 saturated carbocycles. The van der Waals surface area contributed by atoms with Crippen LogP contribution in [0.15, 0.2) is 0 Å². The van der Waals surface area contributed by atoms with Crippen molar-refractivity contribution in [2.75, 3.05) is 52.5 Å². The summed E-state index contributed by atoms with van der Waals surface area (Å²) >= 11 is 0. The average molecular weight is 980 g/mol. The van der Waals surface area contributed by atoms with E-state index < -0.39 is 11.7 Å². The number of hydrogen-bond acceptors (Lipinski definition) is 9. The second-order valence-electron chi connectivity index (χ2n) is 21.0. The van der Waals surface area contributed by atoms with Crippen LogP contribution in [-0.4, -0.2) is 92.8 Å². The van der Waals surface area contributed by atoms with Crippen LogP contribution < -0.4 is 16.0 Å². The Morgan fingerprint density at radius 3 is 1.13 bits per heavy atom. The molecule has 3 N–H and O–H groups in total. The zero-order valence-electron chi connectivity index (χ0n) is 46.1. The van der Waals surface area contributed by atoms with Gasteiger partial charge in [-0.05, 0) is 84.0 Å². The molecule has 0 bridgehead atoms. The van der Waals surface area contributed by atoms with Gasteiger partial charge in [-0.1, -0.05) is 169 Å². The summed E-state index contributed by atoms with van der Waals surface area (Å²) in [7, 11) is 0. The van der Waals surface area contributed by atoms with Crippen LogP contribution in [0.1, 0.15) is 267 Å². The van der Waals surface area contributed by atoms with Crippen molar-refractivity contribution < 1.29 is 38.2 Å². The highest BCUT2D eigenvalue weighted by atomic mass is 16.6. The van der Waals surface area contributed by atoms with E-state index in [1.165, 1.54) is 128 Å². The molecule has 0 fully saturated rings. The molecule has 0 aliphatic rings. The first-order chi connectivity index (χ1) is 33.3. The van der Waals surface area contributed by atoms with Crippen molar-refractivity contribution in [3.8, 4) is 0 Å². The molecule has 0 spiro atoms. The van der Waals surface area contributed by atoms with E-state index in [1.807, 2.05) is 25.7 Å². The SMILES string of the molecule is CCCCCCCCC(CCCCCC)COC(=O)CCCCCNC(=O)CCN(CCNC(=O)OC(C)(C)C)CCC(=O)NCCCCCC(=O)OCC(CCCCCC)CCCCCCCC. The summed E-state index contributed by atoms with van der Waals surface area (Å²) in [4.78, 5) is 65.1. The molecule has 0 aromatic rings. The Bertz CT molecular complexity index is 1170. The lowest BCUT2D eigenvalue weighted by Crippen LogP contribution is -2.40. The maximum atomic E-state index is 12.8. The molecule has 406 valence electrons. The summed E-state index contributed by atoms with van der Waals surface area (Å²) in [6.07, 6.45) is 35.4. The third-order valence-corrected chi connectivity index (χ3v) is 13.0. The van der Waals surface area contributed by atoms with E-state index in [2.05, 4.69) is 43.6 Å². The Hall–Kier alpha value is -2.89. The predicted octanol–water partition coefficient (Wildman–Crippen LogP) is 13.7. The van der Waals surface area contributed by atoms with Crippen LogP contribution in [0.5, 0.6) is 0 Å². The number of unbranched alkanes of at least 4 members (excludes halogenated alkanes) is 20. The normalized spacial score (nSPS) is 12.4. The van der Waals surface area contributed by atoms with Gasteiger partial charge in [-0.2, -0.15) is 0 Å². The molecular weight excluding hydrogens is 869 g/mol. The molecule has 0 heterocycles. The molecule has 0 radical (unpaired) electrons. The van der Waals surface area contributed by atoms with Crippen LogP contribution in [-0.2, 0) is 33.4 Å². The zero-order valence-corrected chi connectivity index (χ0v) is 46.1. The molecule has 2 atom stereocenters. The minimum Gasteiger partial charge on any atom is -0.465 e. The van der Waals surface area contributed by atoms with Crippen molar-refractivity contribution in [3.05, 3.63) is 0 Å². The third-order valence-electron chi connectivity index (χ3n) is 13.0. The van der Waals surface area contributed by atoms with Crippen molar-refractivity contribution >= 4 is 29.8 Å². The number of nitrogens with zero attached hydrogens (tertiary/aromatic N) is 1. The molecule has 0 rings (SSSR count). The largest absolute Gasteiger partial charge is 0.465 e. The van der Waals surface area contributed by atoms with E-state index in [0.717, 1.165) is 64.2 Å². The van der Waals surface area contributed by atoms with Gasteiger partial charge >= 0.3 is 18.0 Å². The van der Waals surface area contributed by atoms with Gasteiger partial charge in [0.05, 0.1) is 13.2 Å². The fraction of sp³-hybridized carbons (Fsp3) is 0.912. The Balaban J connectivity index is 4.62. The first-order valence-electron chi connectivity index (χ1n) is 28.9. The second-order valence-corrected chi connectivity index (χ2v) is 21.0. The maximum absolute atomic E-state index is 12.8. The van der Waals surface area contributed by atoms with Crippen LogP contribution >= 0.6 is 0 Å². The number of hydrogen-bond donors (Lipinski definition) is 3. The number of rotatable bonds is 49. The predicted molar refractivity (Wildman–Crippen MR) is 285 cm³/mol. The van der Waals surface area contributed by atoms with E-state index >= 15 is 0 Å². The number of alkyl carbamates (subject to hydrolysis) is 1. The number of carbonyl (C=O) groups excluding carboxylic acids is 5. The van der Waals surface area contributed by atoms with Gasteiger partial charge in [0.15, 0.2) is 0 Å². The van der Waals surface area contributed by atoms with Gasteiger partial charge in [-0.25, -0.2) is 4.79 Å². The van der Waals surface area contributed by atoms with E-state index in [9.17, 15) is 24.0 Å². The van der Waals surface area contributed by atoms with E-state index in [1.54, 1.807) is 0 Å². The molecule has 0 aliphatic heterocycles. The first kappa shape index (κ1) is 66.1.